The third-order valence-electron chi connectivity index (χ3n) is 4.74. The second-order valence-corrected chi connectivity index (χ2v) is 8.78. The molecule has 1 aliphatic rings. The number of aromatic nitrogens is 3. The maximum absolute atomic E-state index is 12.5. The summed E-state index contributed by atoms with van der Waals surface area (Å²) >= 11 is 0. The number of sulfonamides is 1. The second-order valence-electron chi connectivity index (χ2n) is 7.01. The van der Waals surface area contributed by atoms with Crippen LogP contribution in [0.25, 0.3) is 5.69 Å². The Kier molecular flexibility index (Phi) is 5.41. The predicted molar refractivity (Wildman–Crippen MR) is 107 cm³/mol. The highest BCUT2D eigenvalue weighted by Crippen LogP contribution is 2.28. The number of hydrogen-bond donors (Lipinski definition) is 2. The number of nitrogens with one attached hydrogen (secondary N) is 2. The molecule has 2 N–H and O–H groups in total. The third kappa shape index (κ3) is 4.87. The van der Waals surface area contributed by atoms with E-state index in [2.05, 4.69) is 20.1 Å². The quantitative estimate of drug-likeness (QED) is 0.589. The first-order valence-corrected chi connectivity index (χ1v) is 10.8. The average Bonchev–Trinajstić information content (AvgIpc) is 3.42. The Balaban J connectivity index is 1.38. The Bertz CT molecular complexity index is 1090. The summed E-state index contributed by atoms with van der Waals surface area (Å²) in [7, 11) is -3.61. The highest BCUT2D eigenvalue weighted by molar-refractivity contribution is 7.89. The summed E-state index contributed by atoms with van der Waals surface area (Å²) < 4.78 is 29.0. The van der Waals surface area contributed by atoms with Crippen molar-refractivity contribution in [2.24, 2.45) is 5.92 Å². The molecule has 0 spiro atoms. The van der Waals surface area contributed by atoms with Gasteiger partial charge in [-0.1, -0.05) is 18.2 Å². The molecule has 1 saturated carbocycles. The van der Waals surface area contributed by atoms with Crippen LogP contribution in [0, 0.1) is 5.92 Å². The lowest BCUT2D eigenvalue weighted by Crippen LogP contribution is -2.27. The van der Waals surface area contributed by atoms with Crippen LogP contribution < -0.4 is 10.0 Å². The Labute approximate surface area is 169 Å². The molecule has 0 radical (unpaired) electrons. The maximum Gasteiger partial charge on any atom is 0.251 e. The fourth-order valence-electron chi connectivity index (χ4n) is 2.83. The topological polar surface area (TPSA) is 106 Å². The molecule has 0 atom stereocenters. The van der Waals surface area contributed by atoms with Gasteiger partial charge in [0.15, 0.2) is 0 Å². The average molecular weight is 411 g/mol. The van der Waals surface area contributed by atoms with Crippen molar-refractivity contribution in [3.05, 3.63) is 72.3 Å². The van der Waals surface area contributed by atoms with E-state index in [1.807, 2.05) is 24.3 Å². The molecule has 1 amide bonds. The SMILES string of the molecule is O=C(NCc1ccc(-n2cncn2)cc1)c1cccc(S(=O)(=O)NCC2CC2)c1. The summed E-state index contributed by atoms with van der Waals surface area (Å²) in [6.45, 7) is 0.775. The van der Waals surface area contributed by atoms with Crippen LogP contribution in [-0.4, -0.2) is 35.6 Å². The summed E-state index contributed by atoms with van der Waals surface area (Å²) in [6, 6.07) is 13.6. The fraction of sp³-hybridized carbons (Fsp3) is 0.250. The molecule has 8 nitrogen and oxygen atoms in total. The van der Waals surface area contributed by atoms with Crippen LogP contribution in [0.5, 0.6) is 0 Å². The van der Waals surface area contributed by atoms with Crippen molar-refractivity contribution in [2.75, 3.05) is 6.54 Å². The first-order chi connectivity index (χ1) is 14.0. The molecule has 0 bridgehead atoms. The van der Waals surface area contributed by atoms with Crippen molar-refractivity contribution in [1.82, 2.24) is 24.8 Å². The first kappa shape index (κ1) is 19.3. The molecule has 1 heterocycles. The normalized spacial score (nSPS) is 13.9. The van der Waals surface area contributed by atoms with Crippen LogP contribution in [0.1, 0.15) is 28.8 Å². The van der Waals surface area contributed by atoms with E-state index in [1.165, 1.54) is 18.5 Å². The molecule has 1 fully saturated rings. The molecule has 4 rings (SSSR count). The Morgan fingerprint density at radius 2 is 1.93 bits per heavy atom. The summed E-state index contributed by atoms with van der Waals surface area (Å²) in [5.41, 5.74) is 2.09. The van der Waals surface area contributed by atoms with Crippen molar-refractivity contribution >= 4 is 15.9 Å². The number of carbonyl (C=O) groups is 1. The van der Waals surface area contributed by atoms with Crippen molar-refractivity contribution in [3.8, 4) is 5.69 Å². The maximum atomic E-state index is 12.5. The fourth-order valence-corrected chi connectivity index (χ4v) is 3.99. The molecule has 0 saturated heterocycles. The van der Waals surface area contributed by atoms with Gasteiger partial charge in [-0.3, -0.25) is 4.79 Å². The Morgan fingerprint density at radius 3 is 2.62 bits per heavy atom. The zero-order valence-electron chi connectivity index (χ0n) is 15.7. The minimum Gasteiger partial charge on any atom is -0.348 e. The van der Waals surface area contributed by atoms with Gasteiger partial charge in [0.25, 0.3) is 5.91 Å². The lowest BCUT2D eigenvalue weighted by atomic mass is 10.2. The summed E-state index contributed by atoms with van der Waals surface area (Å²) in [5, 5.41) is 6.89. The lowest BCUT2D eigenvalue weighted by molar-refractivity contribution is 0.0950. The van der Waals surface area contributed by atoms with Gasteiger partial charge in [0.05, 0.1) is 10.6 Å². The van der Waals surface area contributed by atoms with Crippen LogP contribution in [-0.2, 0) is 16.6 Å². The van der Waals surface area contributed by atoms with Crippen LogP contribution in [0.15, 0.2) is 66.1 Å². The van der Waals surface area contributed by atoms with Gasteiger partial charge >= 0.3 is 0 Å². The molecular formula is C20H21N5O3S. The molecule has 0 aliphatic heterocycles. The highest BCUT2D eigenvalue weighted by atomic mass is 32.2. The molecular weight excluding hydrogens is 390 g/mol. The zero-order valence-corrected chi connectivity index (χ0v) is 16.5. The van der Waals surface area contributed by atoms with Gasteiger partial charge in [-0.2, -0.15) is 5.10 Å². The van der Waals surface area contributed by atoms with Gasteiger partial charge in [-0.05, 0) is 54.7 Å². The number of nitrogens with zero attached hydrogens (tertiary/aromatic N) is 3. The van der Waals surface area contributed by atoms with E-state index in [1.54, 1.807) is 23.1 Å². The van der Waals surface area contributed by atoms with Gasteiger partial charge in [-0.15, -0.1) is 0 Å². The standard InChI is InChI=1S/C20H21N5O3S/c26-20(22-11-15-6-8-18(9-7-15)25-14-21-13-23-25)17-2-1-3-19(10-17)29(27,28)24-12-16-4-5-16/h1-3,6-10,13-14,16,24H,4-5,11-12H2,(H,22,26). The van der Waals surface area contributed by atoms with Crippen molar-refractivity contribution in [2.45, 2.75) is 24.3 Å². The predicted octanol–water partition coefficient (Wildman–Crippen LogP) is 1.89. The van der Waals surface area contributed by atoms with Gasteiger partial charge in [0.2, 0.25) is 10.0 Å². The Hall–Kier alpha value is -3.04. The summed E-state index contributed by atoms with van der Waals surface area (Å²) in [5.74, 6) is 0.108. The summed E-state index contributed by atoms with van der Waals surface area (Å²) in [4.78, 5) is 16.5. The van der Waals surface area contributed by atoms with Crippen LogP contribution >= 0.6 is 0 Å². The van der Waals surface area contributed by atoms with E-state index in [-0.39, 0.29) is 10.8 Å². The molecule has 1 aliphatic carbocycles. The third-order valence-corrected chi connectivity index (χ3v) is 6.16. The van der Waals surface area contributed by atoms with Crippen LogP contribution in [0.4, 0.5) is 0 Å². The van der Waals surface area contributed by atoms with E-state index < -0.39 is 10.0 Å². The molecule has 2 aromatic carbocycles. The van der Waals surface area contributed by atoms with E-state index in [9.17, 15) is 13.2 Å². The van der Waals surface area contributed by atoms with Gasteiger partial charge in [-0.25, -0.2) is 22.8 Å². The molecule has 1 aromatic heterocycles. The molecule has 29 heavy (non-hydrogen) atoms. The first-order valence-electron chi connectivity index (χ1n) is 9.33. The van der Waals surface area contributed by atoms with E-state index in [0.29, 0.717) is 24.6 Å². The van der Waals surface area contributed by atoms with E-state index >= 15 is 0 Å². The molecule has 9 heteroatoms. The molecule has 0 unspecified atom stereocenters. The van der Waals surface area contributed by atoms with Crippen molar-refractivity contribution in [3.63, 3.8) is 0 Å². The van der Waals surface area contributed by atoms with Gasteiger partial charge < -0.3 is 5.32 Å². The zero-order chi connectivity index (χ0) is 20.3. The number of amides is 1. The highest BCUT2D eigenvalue weighted by Gasteiger charge is 2.24. The number of benzene rings is 2. The molecule has 3 aromatic rings. The van der Waals surface area contributed by atoms with Crippen molar-refractivity contribution < 1.29 is 13.2 Å². The number of rotatable bonds is 8. The lowest BCUT2D eigenvalue weighted by Gasteiger charge is -2.09. The van der Waals surface area contributed by atoms with Crippen LogP contribution in [0.2, 0.25) is 0 Å². The minimum absolute atomic E-state index is 0.1000. The van der Waals surface area contributed by atoms with Crippen LogP contribution in [0.3, 0.4) is 0 Å². The number of hydrogen-bond acceptors (Lipinski definition) is 5. The summed E-state index contributed by atoms with van der Waals surface area (Å²) in [6.07, 6.45) is 5.19. The minimum atomic E-state index is -3.61. The van der Waals surface area contributed by atoms with Gasteiger partial charge in [0, 0.05) is 18.7 Å². The monoisotopic (exact) mass is 411 g/mol. The van der Waals surface area contributed by atoms with E-state index in [0.717, 1.165) is 24.1 Å². The number of carbonyl (C=O) groups excluding carboxylic acids is 1. The van der Waals surface area contributed by atoms with Gasteiger partial charge in [0.1, 0.15) is 12.7 Å². The Morgan fingerprint density at radius 1 is 1.14 bits per heavy atom. The second kappa shape index (κ2) is 8.14. The molecule has 150 valence electrons. The largest absolute Gasteiger partial charge is 0.348 e. The smallest absolute Gasteiger partial charge is 0.251 e. The van der Waals surface area contributed by atoms with E-state index in [4.69, 9.17) is 0 Å². The van der Waals surface area contributed by atoms with Crippen molar-refractivity contribution in [1.29, 1.82) is 0 Å².